The van der Waals surface area contributed by atoms with Gasteiger partial charge in [-0.1, -0.05) is 93.2 Å². The minimum Gasteiger partial charge on any atom is -0.455 e. The largest absolute Gasteiger partial charge is 0.455 e. The number of esters is 1. The summed E-state index contributed by atoms with van der Waals surface area (Å²) in [7, 11) is 1.50. The van der Waals surface area contributed by atoms with E-state index >= 15 is 0 Å². The maximum atomic E-state index is 12.3. The van der Waals surface area contributed by atoms with Crippen molar-refractivity contribution in [3.05, 3.63) is 84.6 Å². The molecular formula is C29H42O5. The minimum atomic E-state index is -1.06. The molecule has 0 radical (unpaired) electrons. The lowest BCUT2D eigenvalue weighted by atomic mass is 9.94. The zero-order chi connectivity index (χ0) is 25.3. The van der Waals surface area contributed by atoms with Crippen LogP contribution in [0.15, 0.2) is 84.6 Å². The van der Waals surface area contributed by atoms with E-state index in [9.17, 15) is 15.0 Å². The fraction of sp³-hybridized carbons (Fsp3) is 0.483. The number of allylic oxidation sites excluding steroid dienone is 9. The Labute approximate surface area is 205 Å². The van der Waals surface area contributed by atoms with Crippen molar-refractivity contribution in [3.8, 4) is 0 Å². The van der Waals surface area contributed by atoms with E-state index in [0.717, 1.165) is 18.4 Å². The van der Waals surface area contributed by atoms with Gasteiger partial charge in [0.05, 0.1) is 6.10 Å². The zero-order valence-electron chi connectivity index (χ0n) is 21.2. The molecule has 5 nitrogen and oxygen atoms in total. The van der Waals surface area contributed by atoms with E-state index in [4.69, 9.17) is 9.47 Å². The van der Waals surface area contributed by atoms with Gasteiger partial charge in [0.25, 0.3) is 0 Å². The Hall–Kier alpha value is -2.47. The molecule has 1 heterocycles. The first-order chi connectivity index (χ1) is 16.3. The molecule has 0 fully saturated rings. The van der Waals surface area contributed by atoms with Crippen LogP contribution in [0.5, 0.6) is 0 Å². The van der Waals surface area contributed by atoms with Gasteiger partial charge in [0.1, 0.15) is 18.3 Å². The summed E-state index contributed by atoms with van der Waals surface area (Å²) in [4.78, 5) is 12.3. The Kier molecular flexibility index (Phi) is 14.8. The Morgan fingerprint density at radius 3 is 2.50 bits per heavy atom. The van der Waals surface area contributed by atoms with Crippen LogP contribution in [-0.4, -0.2) is 47.7 Å². The summed E-state index contributed by atoms with van der Waals surface area (Å²) in [5, 5.41) is 21.2. The van der Waals surface area contributed by atoms with Crippen LogP contribution in [0.1, 0.15) is 47.0 Å². The molecule has 0 aromatic heterocycles. The molecule has 1 aliphatic rings. The summed E-state index contributed by atoms with van der Waals surface area (Å²) in [5.74, 6) is -0.314. The third-order valence-corrected chi connectivity index (χ3v) is 5.50. The van der Waals surface area contributed by atoms with Gasteiger partial charge in [-0.3, -0.25) is 0 Å². The Balaban J connectivity index is 3.12. The molecule has 2 N–H and O–H groups in total. The number of aliphatic hydroxyl groups excluding tert-OH is 2. The van der Waals surface area contributed by atoms with Crippen LogP contribution in [0, 0.1) is 11.8 Å². The Bertz CT molecular complexity index is 799. The number of hydrogen-bond acceptors (Lipinski definition) is 5. The number of rotatable bonds is 3. The molecule has 0 saturated heterocycles. The van der Waals surface area contributed by atoms with Crippen LogP contribution in [0.2, 0.25) is 0 Å². The van der Waals surface area contributed by atoms with Crippen molar-refractivity contribution >= 4 is 5.97 Å². The highest BCUT2D eigenvalue weighted by Crippen LogP contribution is 2.16. The van der Waals surface area contributed by atoms with E-state index in [2.05, 4.69) is 13.0 Å². The SMILES string of the molecule is CC/C=C/[C@H]1C/C=C/C=C\[C@H](OC)[C@@H](O)[C@@H](O)[C@@H](C)/C=C/C[C@@H](C)/C=C/C=C(C)/C=C/C(=O)O1. The van der Waals surface area contributed by atoms with Gasteiger partial charge >= 0.3 is 5.97 Å². The van der Waals surface area contributed by atoms with Crippen LogP contribution in [0.3, 0.4) is 0 Å². The summed E-state index contributed by atoms with van der Waals surface area (Å²) in [6, 6.07) is 0. The quantitative estimate of drug-likeness (QED) is 0.427. The zero-order valence-corrected chi connectivity index (χ0v) is 21.2. The second-order valence-electron chi connectivity index (χ2n) is 8.67. The van der Waals surface area contributed by atoms with Crippen molar-refractivity contribution in [3.63, 3.8) is 0 Å². The standard InChI is InChI=1S/C29H42O5/c1-6-7-17-25-18-9-8-10-19-26(33-5)29(32)28(31)24(4)16-12-15-22(2)13-11-14-23(3)20-21-27(30)34-25/h7-14,16-17,19-22,24-26,28-29,31-32H,6,15,18H2,1-5H3/b9-8+,13-11+,16-12+,17-7+,19-10-,21-20+,23-14+/t22-,24-,25-,26-,28-,29+/m0/s1. The lowest BCUT2D eigenvalue weighted by molar-refractivity contribution is -0.140. The number of ether oxygens (including phenoxy) is 2. The molecule has 0 aliphatic carbocycles. The third-order valence-electron chi connectivity index (χ3n) is 5.50. The van der Waals surface area contributed by atoms with E-state index in [1.807, 2.05) is 69.4 Å². The van der Waals surface area contributed by atoms with Gasteiger partial charge in [0.15, 0.2) is 0 Å². The van der Waals surface area contributed by atoms with E-state index in [1.165, 1.54) is 13.2 Å². The second kappa shape index (κ2) is 17.0. The number of carbonyl (C=O) groups is 1. The van der Waals surface area contributed by atoms with Crippen molar-refractivity contribution in [2.75, 3.05) is 7.11 Å². The summed E-state index contributed by atoms with van der Waals surface area (Å²) >= 11 is 0. The van der Waals surface area contributed by atoms with E-state index in [0.29, 0.717) is 12.3 Å². The molecule has 5 heteroatoms. The van der Waals surface area contributed by atoms with E-state index < -0.39 is 24.3 Å². The number of hydrogen-bond donors (Lipinski definition) is 2. The fourth-order valence-electron chi connectivity index (χ4n) is 3.30. The molecule has 188 valence electrons. The maximum absolute atomic E-state index is 12.3. The first-order valence-corrected chi connectivity index (χ1v) is 12.1. The number of methoxy groups -OCH3 is 1. The minimum absolute atomic E-state index is 0.223. The second-order valence-corrected chi connectivity index (χ2v) is 8.67. The highest BCUT2D eigenvalue weighted by atomic mass is 16.5. The average molecular weight is 471 g/mol. The molecule has 0 aromatic rings. The predicted molar refractivity (Wildman–Crippen MR) is 139 cm³/mol. The Morgan fingerprint density at radius 2 is 1.79 bits per heavy atom. The van der Waals surface area contributed by atoms with E-state index in [1.54, 1.807) is 18.2 Å². The molecule has 0 unspecified atom stereocenters. The normalized spacial score (nSPS) is 36.8. The van der Waals surface area contributed by atoms with Crippen molar-refractivity contribution in [1.29, 1.82) is 0 Å². The highest BCUT2D eigenvalue weighted by Gasteiger charge is 2.27. The third kappa shape index (κ3) is 12.1. The molecule has 0 bridgehead atoms. The summed E-state index contributed by atoms with van der Waals surface area (Å²) in [6.45, 7) is 7.94. The maximum Gasteiger partial charge on any atom is 0.331 e. The molecule has 1 rings (SSSR count). The Morgan fingerprint density at radius 1 is 1.03 bits per heavy atom. The van der Waals surface area contributed by atoms with Crippen molar-refractivity contribution < 1.29 is 24.5 Å². The number of aliphatic hydroxyl groups is 2. The molecule has 0 amide bonds. The van der Waals surface area contributed by atoms with Crippen LogP contribution in [-0.2, 0) is 14.3 Å². The van der Waals surface area contributed by atoms with Crippen molar-refractivity contribution in [2.24, 2.45) is 11.8 Å². The van der Waals surface area contributed by atoms with Crippen molar-refractivity contribution in [2.45, 2.75) is 71.4 Å². The van der Waals surface area contributed by atoms with Gasteiger partial charge in [-0.25, -0.2) is 4.79 Å². The fourth-order valence-corrected chi connectivity index (χ4v) is 3.30. The van der Waals surface area contributed by atoms with Gasteiger partial charge in [-0.15, -0.1) is 0 Å². The summed E-state index contributed by atoms with van der Waals surface area (Å²) in [6.07, 6.45) is 23.3. The van der Waals surface area contributed by atoms with Gasteiger partial charge < -0.3 is 19.7 Å². The number of carbonyl (C=O) groups excluding carboxylic acids is 1. The van der Waals surface area contributed by atoms with E-state index in [-0.39, 0.29) is 12.0 Å². The van der Waals surface area contributed by atoms with Gasteiger partial charge in [-0.05, 0) is 31.8 Å². The lowest BCUT2D eigenvalue weighted by Gasteiger charge is -2.26. The number of cyclic esters (lactones) is 1. The summed E-state index contributed by atoms with van der Waals surface area (Å²) in [5.41, 5.74) is 0.946. The first kappa shape index (κ1) is 29.6. The van der Waals surface area contributed by atoms with Crippen LogP contribution < -0.4 is 0 Å². The smallest absolute Gasteiger partial charge is 0.331 e. The van der Waals surface area contributed by atoms with Crippen LogP contribution in [0.25, 0.3) is 0 Å². The molecule has 0 saturated carbocycles. The van der Waals surface area contributed by atoms with Crippen LogP contribution in [0.4, 0.5) is 0 Å². The molecule has 0 spiro atoms. The van der Waals surface area contributed by atoms with Gasteiger partial charge in [-0.2, -0.15) is 0 Å². The monoisotopic (exact) mass is 470 g/mol. The van der Waals surface area contributed by atoms with Gasteiger partial charge in [0.2, 0.25) is 0 Å². The predicted octanol–water partition coefficient (Wildman–Crippen LogP) is 5.39. The van der Waals surface area contributed by atoms with Gasteiger partial charge in [0, 0.05) is 25.5 Å². The summed E-state index contributed by atoms with van der Waals surface area (Å²) < 4.78 is 11.0. The molecule has 0 aromatic carbocycles. The topological polar surface area (TPSA) is 76.0 Å². The lowest BCUT2D eigenvalue weighted by Crippen LogP contribution is -2.40. The molecule has 6 atom stereocenters. The van der Waals surface area contributed by atoms with Crippen LogP contribution >= 0.6 is 0 Å². The molecule has 1 aliphatic heterocycles. The molecular weight excluding hydrogens is 428 g/mol. The first-order valence-electron chi connectivity index (χ1n) is 12.1. The molecule has 34 heavy (non-hydrogen) atoms. The van der Waals surface area contributed by atoms with Crippen molar-refractivity contribution in [1.82, 2.24) is 0 Å². The highest BCUT2D eigenvalue weighted by molar-refractivity contribution is 5.82. The average Bonchev–Trinajstić information content (AvgIpc) is 2.81.